The Kier molecular flexibility index (Phi) is 5.61. The van der Waals surface area contributed by atoms with Gasteiger partial charge in [-0.25, -0.2) is 0 Å². The van der Waals surface area contributed by atoms with Gasteiger partial charge in [0, 0.05) is 6.72 Å². The first-order valence-electron chi connectivity index (χ1n) is 4.94. The standard InChI is InChI=1S/C10H14N2.C2H6/c1-7-5-8(2)10(12-11-4)9(3)6-7;1-2/h5-6,12H,4H2,1-3H3;1-2H3. The molecule has 78 valence electrons. The maximum absolute atomic E-state index is 3.66. The third-order valence-corrected chi connectivity index (χ3v) is 1.87. The smallest absolute Gasteiger partial charge is 0.0620 e. The number of aryl methyl sites for hydroxylation is 3. The van der Waals surface area contributed by atoms with E-state index in [1.807, 2.05) is 13.8 Å². The van der Waals surface area contributed by atoms with Crippen LogP contribution in [-0.4, -0.2) is 6.72 Å². The molecule has 0 radical (unpaired) electrons. The quantitative estimate of drug-likeness (QED) is 0.561. The molecule has 2 nitrogen and oxygen atoms in total. The average Bonchev–Trinajstić information content (AvgIpc) is 2.14. The van der Waals surface area contributed by atoms with E-state index in [2.05, 4.69) is 50.1 Å². The van der Waals surface area contributed by atoms with Crippen LogP contribution in [-0.2, 0) is 0 Å². The van der Waals surface area contributed by atoms with Gasteiger partial charge in [-0.15, -0.1) is 0 Å². The summed E-state index contributed by atoms with van der Waals surface area (Å²) in [6, 6.07) is 4.25. The van der Waals surface area contributed by atoms with Crippen LogP contribution in [0.15, 0.2) is 17.2 Å². The number of hydrogen-bond acceptors (Lipinski definition) is 2. The van der Waals surface area contributed by atoms with Gasteiger partial charge in [0.05, 0.1) is 5.69 Å². The van der Waals surface area contributed by atoms with Crippen LogP contribution < -0.4 is 5.43 Å². The first kappa shape index (κ1) is 12.7. The lowest BCUT2D eigenvalue weighted by atomic mass is 10.1. The Balaban J connectivity index is 0.000000791. The van der Waals surface area contributed by atoms with Gasteiger partial charge in [-0.3, -0.25) is 5.43 Å². The lowest BCUT2D eigenvalue weighted by Crippen LogP contribution is -1.94. The highest BCUT2D eigenvalue weighted by molar-refractivity contribution is 5.58. The molecule has 0 heterocycles. The van der Waals surface area contributed by atoms with E-state index in [9.17, 15) is 0 Å². The van der Waals surface area contributed by atoms with E-state index in [1.165, 1.54) is 16.7 Å². The molecule has 1 aromatic carbocycles. The van der Waals surface area contributed by atoms with E-state index >= 15 is 0 Å². The molecule has 0 fully saturated rings. The first-order chi connectivity index (χ1) is 6.65. The molecule has 1 N–H and O–H groups in total. The Morgan fingerprint density at radius 3 is 1.86 bits per heavy atom. The van der Waals surface area contributed by atoms with Crippen LogP contribution in [0.3, 0.4) is 0 Å². The van der Waals surface area contributed by atoms with Crippen LogP contribution in [0, 0.1) is 20.8 Å². The van der Waals surface area contributed by atoms with Gasteiger partial charge in [0.25, 0.3) is 0 Å². The Morgan fingerprint density at radius 1 is 1.07 bits per heavy atom. The highest BCUT2D eigenvalue weighted by atomic mass is 15.3. The maximum Gasteiger partial charge on any atom is 0.0620 e. The zero-order valence-corrected chi connectivity index (χ0v) is 9.81. The topological polar surface area (TPSA) is 24.4 Å². The first-order valence-corrected chi connectivity index (χ1v) is 4.94. The van der Waals surface area contributed by atoms with Crippen molar-refractivity contribution >= 4 is 12.4 Å². The van der Waals surface area contributed by atoms with Crippen molar-refractivity contribution in [1.29, 1.82) is 0 Å². The fraction of sp³-hybridized carbons (Fsp3) is 0.417. The van der Waals surface area contributed by atoms with Gasteiger partial charge in [0.1, 0.15) is 0 Å². The summed E-state index contributed by atoms with van der Waals surface area (Å²) in [5, 5.41) is 3.66. The number of nitrogens with one attached hydrogen (secondary N) is 1. The van der Waals surface area contributed by atoms with Crippen molar-refractivity contribution in [1.82, 2.24) is 0 Å². The normalized spacial score (nSPS) is 8.64. The van der Waals surface area contributed by atoms with E-state index in [1.54, 1.807) is 0 Å². The average molecular weight is 192 g/mol. The van der Waals surface area contributed by atoms with Crippen LogP contribution in [0.5, 0.6) is 0 Å². The largest absolute Gasteiger partial charge is 0.279 e. The SMILES string of the molecule is C=NNc1c(C)cc(C)cc1C.CC. The molecule has 2 heteroatoms. The number of hydrazone groups is 1. The zero-order chi connectivity index (χ0) is 11.1. The Morgan fingerprint density at radius 2 is 1.50 bits per heavy atom. The third kappa shape index (κ3) is 3.21. The third-order valence-electron chi connectivity index (χ3n) is 1.87. The fourth-order valence-corrected chi connectivity index (χ4v) is 1.44. The van der Waals surface area contributed by atoms with Gasteiger partial charge in [0.15, 0.2) is 0 Å². The molecule has 1 rings (SSSR count). The fourth-order valence-electron chi connectivity index (χ4n) is 1.44. The van der Waals surface area contributed by atoms with Crippen LogP contribution in [0.1, 0.15) is 30.5 Å². The van der Waals surface area contributed by atoms with Gasteiger partial charge in [-0.05, 0) is 31.9 Å². The predicted octanol–water partition coefficient (Wildman–Crippen LogP) is 3.67. The molecule has 0 unspecified atom stereocenters. The molecule has 0 aromatic heterocycles. The van der Waals surface area contributed by atoms with E-state index in [0.717, 1.165) is 5.69 Å². The summed E-state index contributed by atoms with van der Waals surface area (Å²) in [5.74, 6) is 0. The zero-order valence-electron chi connectivity index (χ0n) is 9.81. The van der Waals surface area contributed by atoms with E-state index < -0.39 is 0 Å². The van der Waals surface area contributed by atoms with Crippen molar-refractivity contribution in [3.63, 3.8) is 0 Å². The number of anilines is 1. The minimum absolute atomic E-state index is 1.07. The highest BCUT2D eigenvalue weighted by Gasteiger charge is 2.00. The second-order valence-electron chi connectivity index (χ2n) is 3.04. The molecule has 0 aliphatic heterocycles. The number of hydrogen-bond donors (Lipinski definition) is 1. The van der Waals surface area contributed by atoms with Crippen molar-refractivity contribution in [2.45, 2.75) is 34.6 Å². The molecular formula is C12H20N2. The highest BCUT2D eigenvalue weighted by Crippen LogP contribution is 2.21. The van der Waals surface area contributed by atoms with E-state index in [0.29, 0.717) is 0 Å². The molecular weight excluding hydrogens is 172 g/mol. The Bertz CT molecular complexity index is 280. The summed E-state index contributed by atoms with van der Waals surface area (Å²) in [4.78, 5) is 0. The molecule has 0 aliphatic rings. The van der Waals surface area contributed by atoms with Crippen molar-refractivity contribution in [3.05, 3.63) is 28.8 Å². The molecule has 0 amide bonds. The van der Waals surface area contributed by atoms with Crippen molar-refractivity contribution in [3.8, 4) is 0 Å². The van der Waals surface area contributed by atoms with Gasteiger partial charge < -0.3 is 0 Å². The second-order valence-corrected chi connectivity index (χ2v) is 3.04. The van der Waals surface area contributed by atoms with Crippen LogP contribution in [0.4, 0.5) is 5.69 Å². The molecule has 14 heavy (non-hydrogen) atoms. The van der Waals surface area contributed by atoms with Gasteiger partial charge in [0.2, 0.25) is 0 Å². The summed E-state index contributed by atoms with van der Waals surface area (Å²) in [7, 11) is 0. The lowest BCUT2D eigenvalue weighted by Gasteiger charge is -2.09. The molecule has 0 saturated carbocycles. The molecule has 0 aliphatic carbocycles. The van der Waals surface area contributed by atoms with E-state index in [4.69, 9.17) is 0 Å². The Labute approximate surface area is 87.0 Å². The van der Waals surface area contributed by atoms with Crippen molar-refractivity contribution in [2.75, 3.05) is 5.43 Å². The molecule has 0 atom stereocenters. The van der Waals surface area contributed by atoms with Gasteiger partial charge in [-0.2, -0.15) is 5.10 Å². The summed E-state index contributed by atoms with van der Waals surface area (Å²) >= 11 is 0. The molecule has 0 bridgehead atoms. The summed E-state index contributed by atoms with van der Waals surface area (Å²) in [6.45, 7) is 13.6. The van der Waals surface area contributed by atoms with Gasteiger partial charge in [-0.1, -0.05) is 31.5 Å². The summed E-state index contributed by atoms with van der Waals surface area (Å²) in [6.07, 6.45) is 0. The Hall–Kier alpha value is -1.31. The van der Waals surface area contributed by atoms with Crippen LogP contribution in [0.25, 0.3) is 0 Å². The number of benzene rings is 1. The van der Waals surface area contributed by atoms with Crippen LogP contribution >= 0.6 is 0 Å². The summed E-state index contributed by atoms with van der Waals surface area (Å²) < 4.78 is 0. The second kappa shape index (κ2) is 6.19. The minimum Gasteiger partial charge on any atom is -0.279 e. The number of nitrogens with zero attached hydrogens (tertiary/aromatic N) is 1. The molecule has 1 aromatic rings. The number of rotatable bonds is 2. The minimum atomic E-state index is 1.07. The van der Waals surface area contributed by atoms with Crippen molar-refractivity contribution in [2.24, 2.45) is 5.10 Å². The maximum atomic E-state index is 3.66. The predicted molar refractivity (Wildman–Crippen MR) is 65.2 cm³/mol. The van der Waals surface area contributed by atoms with Crippen LogP contribution in [0.2, 0.25) is 0 Å². The molecule has 0 spiro atoms. The lowest BCUT2D eigenvalue weighted by molar-refractivity contribution is 1.25. The molecule has 0 saturated heterocycles. The van der Waals surface area contributed by atoms with Gasteiger partial charge >= 0.3 is 0 Å². The monoisotopic (exact) mass is 192 g/mol. The van der Waals surface area contributed by atoms with Crippen molar-refractivity contribution < 1.29 is 0 Å². The summed E-state index contributed by atoms with van der Waals surface area (Å²) in [5.41, 5.74) is 7.64. The van der Waals surface area contributed by atoms with E-state index in [-0.39, 0.29) is 0 Å².